The molecular weight excluding hydrogens is 238 g/mol. The van der Waals surface area contributed by atoms with Gasteiger partial charge >= 0.3 is 5.97 Å². The fraction of sp³-hybridized carbons (Fsp3) is 0.250. The molecule has 0 aliphatic rings. The zero-order valence-electron chi connectivity index (χ0n) is 11.1. The fourth-order valence-electron chi connectivity index (χ4n) is 1.97. The molecule has 98 valence electrons. The molecule has 0 saturated heterocycles. The maximum Gasteiger partial charge on any atom is 0.337 e. The summed E-state index contributed by atoms with van der Waals surface area (Å²) in [6, 6.07) is 11.6. The average molecular weight is 255 g/mol. The number of carbonyl (C=O) groups is 1. The van der Waals surface area contributed by atoms with E-state index >= 15 is 0 Å². The lowest BCUT2D eigenvalue weighted by Crippen LogP contribution is -1.97. The highest BCUT2D eigenvalue weighted by Crippen LogP contribution is 2.19. The number of carboxylic acids is 1. The van der Waals surface area contributed by atoms with Crippen LogP contribution in [-0.4, -0.2) is 16.1 Å². The first-order valence-corrected chi connectivity index (χ1v) is 6.35. The Bertz CT molecular complexity index is 556. The lowest BCUT2D eigenvalue weighted by molar-refractivity contribution is 0.0696. The minimum absolute atomic E-state index is 0.208. The van der Waals surface area contributed by atoms with Crippen molar-refractivity contribution in [3.63, 3.8) is 0 Å². The molecule has 19 heavy (non-hydrogen) atoms. The van der Waals surface area contributed by atoms with Gasteiger partial charge in [-0.15, -0.1) is 0 Å². The Morgan fingerprint density at radius 1 is 1.16 bits per heavy atom. The van der Waals surface area contributed by atoms with Crippen molar-refractivity contribution in [2.45, 2.75) is 20.3 Å². The zero-order valence-corrected chi connectivity index (χ0v) is 11.1. The third-order valence-electron chi connectivity index (χ3n) is 2.90. The van der Waals surface area contributed by atoms with Crippen molar-refractivity contribution in [2.24, 2.45) is 5.92 Å². The molecule has 0 bridgehead atoms. The number of carboxylic acid groups (broad SMARTS) is 1. The number of hydrogen-bond acceptors (Lipinski definition) is 2. The van der Waals surface area contributed by atoms with Crippen molar-refractivity contribution in [1.29, 1.82) is 0 Å². The summed E-state index contributed by atoms with van der Waals surface area (Å²) in [5.41, 5.74) is 3.31. The molecule has 0 saturated carbocycles. The van der Waals surface area contributed by atoms with Gasteiger partial charge in [0, 0.05) is 11.8 Å². The summed E-state index contributed by atoms with van der Waals surface area (Å²) >= 11 is 0. The Morgan fingerprint density at radius 2 is 1.84 bits per heavy atom. The summed E-state index contributed by atoms with van der Waals surface area (Å²) in [4.78, 5) is 14.9. The first-order chi connectivity index (χ1) is 9.06. The smallest absolute Gasteiger partial charge is 0.337 e. The number of aromatic nitrogens is 1. The number of nitrogens with zero attached hydrogens (tertiary/aromatic N) is 1. The van der Waals surface area contributed by atoms with Crippen LogP contribution in [0.25, 0.3) is 11.3 Å². The highest BCUT2D eigenvalue weighted by molar-refractivity contribution is 5.87. The van der Waals surface area contributed by atoms with Gasteiger partial charge in [0.05, 0.1) is 11.3 Å². The minimum Gasteiger partial charge on any atom is -0.478 e. The van der Waals surface area contributed by atoms with Crippen molar-refractivity contribution in [3.05, 3.63) is 53.7 Å². The molecular formula is C16H17NO2. The van der Waals surface area contributed by atoms with E-state index in [-0.39, 0.29) is 5.56 Å². The standard InChI is InChI=1S/C16H17NO2/c1-11(2)9-12-3-5-13(6-4-12)15-8-7-14(10-17-15)16(18)19/h3-8,10-11H,9H2,1-2H3,(H,18,19). The second kappa shape index (κ2) is 5.65. The van der Waals surface area contributed by atoms with Crippen LogP contribution in [0.3, 0.4) is 0 Å². The van der Waals surface area contributed by atoms with Crippen LogP contribution in [0.15, 0.2) is 42.6 Å². The van der Waals surface area contributed by atoms with Crippen LogP contribution >= 0.6 is 0 Å². The summed E-state index contributed by atoms with van der Waals surface area (Å²) in [6.45, 7) is 4.39. The lowest BCUT2D eigenvalue weighted by Gasteiger charge is -2.06. The molecule has 3 nitrogen and oxygen atoms in total. The van der Waals surface area contributed by atoms with Gasteiger partial charge in [-0.1, -0.05) is 38.1 Å². The largest absolute Gasteiger partial charge is 0.478 e. The molecule has 0 aliphatic heterocycles. The SMILES string of the molecule is CC(C)Cc1ccc(-c2ccc(C(=O)O)cn2)cc1. The van der Waals surface area contributed by atoms with E-state index in [9.17, 15) is 4.79 Å². The van der Waals surface area contributed by atoms with Crippen molar-refractivity contribution < 1.29 is 9.90 Å². The van der Waals surface area contributed by atoms with Gasteiger partial charge in [0.2, 0.25) is 0 Å². The Kier molecular flexibility index (Phi) is 3.95. The summed E-state index contributed by atoms with van der Waals surface area (Å²) in [5.74, 6) is -0.315. The molecule has 1 heterocycles. The predicted octanol–water partition coefficient (Wildman–Crippen LogP) is 3.65. The van der Waals surface area contributed by atoms with E-state index in [1.807, 2.05) is 12.1 Å². The first-order valence-electron chi connectivity index (χ1n) is 6.35. The number of hydrogen-bond donors (Lipinski definition) is 1. The van der Waals surface area contributed by atoms with E-state index in [2.05, 4.69) is 31.0 Å². The van der Waals surface area contributed by atoms with E-state index in [0.29, 0.717) is 5.92 Å². The van der Waals surface area contributed by atoms with E-state index in [0.717, 1.165) is 17.7 Å². The summed E-state index contributed by atoms with van der Waals surface area (Å²) in [5, 5.41) is 8.83. The second-order valence-corrected chi connectivity index (χ2v) is 5.03. The number of pyridine rings is 1. The van der Waals surface area contributed by atoms with Gasteiger partial charge in [-0.05, 0) is 30.0 Å². The molecule has 0 fully saturated rings. The van der Waals surface area contributed by atoms with Crippen LogP contribution in [0.2, 0.25) is 0 Å². The maximum atomic E-state index is 10.8. The molecule has 2 aromatic rings. The predicted molar refractivity (Wildman–Crippen MR) is 75.2 cm³/mol. The quantitative estimate of drug-likeness (QED) is 0.907. The summed E-state index contributed by atoms with van der Waals surface area (Å²) in [7, 11) is 0. The Labute approximate surface area is 112 Å². The molecule has 2 rings (SSSR count). The molecule has 3 heteroatoms. The Morgan fingerprint density at radius 3 is 2.32 bits per heavy atom. The maximum absolute atomic E-state index is 10.8. The van der Waals surface area contributed by atoms with Crippen LogP contribution in [0.4, 0.5) is 0 Å². The van der Waals surface area contributed by atoms with Crippen LogP contribution < -0.4 is 0 Å². The molecule has 1 aromatic heterocycles. The number of benzene rings is 1. The topological polar surface area (TPSA) is 50.2 Å². The van der Waals surface area contributed by atoms with Gasteiger partial charge in [-0.25, -0.2) is 4.79 Å². The van der Waals surface area contributed by atoms with Crippen LogP contribution in [0.5, 0.6) is 0 Å². The molecule has 1 N–H and O–H groups in total. The molecule has 0 unspecified atom stereocenters. The normalized spacial score (nSPS) is 10.7. The van der Waals surface area contributed by atoms with E-state index in [4.69, 9.17) is 5.11 Å². The number of aromatic carboxylic acids is 1. The van der Waals surface area contributed by atoms with Crippen LogP contribution in [-0.2, 0) is 6.42 Å². The first kappa shape index (κ1) is 13.3. The van der Waals surface area contributed by atoms with Crippen LogP contribution in [0.1, 0.15) is 29.8 Å². The van der Waals surface area contributed by atoms with Crippen molar-refractivity contribution >= 4 is 5.97 Å². The zero-order chi connectivity index (χ0) is 13.8. The van der Waals surface area contributed by atoms with Gasteiger partial charge in [0.15, 0.2) is 0 Å². The van der Waals surface area contributed by atoms with E-state index < -0.39 is 5.97 Å². The fourth-order valence-corrected chi connectivity index (χ4v) is 1.97. The monoisotopic (exact) mass is 255 g/mol. The molecule has 1 aromatic carbocycles. The lowest BCUT2D eigenvalue weighted by atomic mass is 10.0. The summed E-state index contributed by atoms with van der Waals surface area (Å²) in [6.07, 6.45) is 2.45. The average Bonchev–Trinajstić information content (AvgIpc) is 2.39. The third kappa shape index (κ3) is 3.41. The van der Waals surface area contributed by atoms with Gasteiger partial charge in [0.1, 0.15) is 0 Å². The highest BCUT2D eigenvalue weighted by Gasteiger charge is 2.05. The van der Waals surface area contributed by atoms with Crippen LogP contribution in [0, 0.1) is 5.92 Å². The summed E-state index contributed by atoms with van der Waals surface area (Å²) < 4.78 is 0. The highest BCUT2D eigenvalue weighted by atomic mass is 16.4. The molecule has 0 spiro atoms. The Balaban J connectivity index is 2.19. The second-order valence-electron chi connectivity index (χ2n) is 5.03. The molecule has 0 amide bonds. The van der Waals surface area contributed by atoms with E-state index in [1.165, 1.54) is 11.8 Å². The van der Waals surface area contributed by atoms with Crippen molar-refractivity contribution in [1.82, 2.24) is 4.98 Å². The third-order valence-corrected chi connectivity index (χ3v) is 2.90. The minimum atomic E-state index is -0.952. The van der Waals surface area contributed by atoms with Crippen molar-refractivity contribution in [2.75, 3.05) is 0 Å². The van der Waals surface area contributed by atoms with E-state index in [1.54, 1.807) is 12.1 Å². The van der Waals surface area contributed by atoms with Gasteiger partial charge in [0.25, 0.3) is 0 Å². The molecule has 0 aliphatic carbocycles. The van der Waals surface area contributed by atoms with Crippen molar-refractivity contribution in [3.8, 4) is 11.3 Å². The van der Waals surface area contributed by atoms with Gasteiger partial charge < -0.3 is 5.11 Å². The Hall–Kier alpha value is -2.16. The number of rotatable bonds is 4. The van der Waals surface area contributed by atoms with Gasteiger partial charge in [-0.2, -0.15) is 0 Å². The van der Waals surface area contributed by atoms with Gasteiger partial charge in [-0.3, -0.25) is 4.98 Å². The molecule has 0 atom stereocenters. The molecule has 0 radical (unpaired) electrons.